The minimum atomic E-state index is -0.0325. The molecule has 3 aromatic rings. The molecule has 2 heterocycles. The van der Waals surface area contributed by atoms with Crippen LogP contribution in [0.25, 0.3) is 0 Å². The number of carbonyl (C=O) groups excluding carboxylic acids is 1. The summed E-state index contributed by atoms with van der Waals surface area (Å²) >= 11 is 6.17. The van der Waals surface area contributed by atoms with E-state index in [4.69, 9.17) is 16.3 Å². The van der Waals surface area contributed by atoms with E-state index in [9.17, 15) is 4.79 Å². The van der Waals surface area contributed by atoms with Crippen molar-refractivity contribution < 1.29 is 9.53 Å². The van der Waals surface area contributed by atoms with E-state index in [2.05, 4.69) is 28.1 Å². The monoisotopic (exact) mass is 477 g/mol. The van der Waals surface area contributed by atoms with Gasteiger partial charge in [0, 0.05) is 30.9 Å². The summed E-state index contributed by atoms with van der Waals surface area (Å²) in [6.45, 7) is 2.89. The second-order valence-corrected chi connectivity index (χ2v) is 9.43. The Hall–Kier alpha value is -2.89. The van der Waals surface area contributed by atoms with Gasteiger partial charge < -0.3 is 9.64 Å². The van der Waals surface area contributed by atoms with Gasteiger partial charge in [0.15, 0.2) is 0 Å². The summed E-state index contributed by atoms with van der Waals surface area (Å²) in [5, 5.41) is 0.778. The summed E-state index contributed by atoms with van der Waals surface area (Å²) in [5.41, 5.74) is 2.90. The van der Waals surface area contributed by atoms with Gasteiger partial charge in [-0.2, -0.15) is 0 Å². The van der Waals surface area contributed by atoms with Crippen molar-refractivity contribution in [3.05, 3.63) is 94.8 Å². The van der Waals surface area contributed by atoms with E-state index in [-0.39, 0.29) is 11.9 Å². The van der Waals surface area contributed by atoms with E-state index in [0.29, 0.717) is 11.6 Å². The number of ether oxygens (including phenoxy) is 1. The molecule has 0 spiro atoms. The van der Waals surface area contributed by atoms with Crippen LogP contribution in [0.4, 0.5) is 0 Å². The van der Waals surface area contributed by atoms with Crippen molar-refractivity contribution in [2.45, 2.75) is 31.8 Å². The van der Waals surface area contributed by atoms with Gasteiger partial charge in [-0.15, -0.1) is 0 Å². The molecule has 1 aliphatic rings. The van der Waals surface area contributed by atoms with Crippen LogP contribution >= 0.6 is 11.6 Å². The van der Waals surface area contributed by atoms with Crippen LogP contribution in [0, 0.1) is 5.92 Å². The standard InChI is InChI=1S/C28H32ClN3O2/c1-31(28(33)26-11-3-4-14-30-26)27(19-21-7-6-10-25(18-21)34-2)23-12-15-32(16-13-23)20-22-8-5-9-24(29)17-22/h3-11,14,17-18,23,27H,12-13,15-16,19-20H2,1-2H3/t27-/m1/s1. The smallest absolute Gasteiger partial charge is 0.272 e. The van der Waals surface area contributed by atoms with Gasteiger partial charge in [-0.05, 0) is 85.8 Å². The molecule has 0 N–H and O–H groups in total. The predicted octanol–water partition coefficient (Wildman–Crippen LogP) is 5.34. The fourth-order valence-corrected chi connectivity index (χ4v) is 5.08. The van der Waals surface area contributed by atoms with E-state index < -0.39 is 0 Å². The highest BCUT2D eigenvalue weighted by Gasteiger charge is 2.32. The highest BCUT2D eigenvalue weighted by molar-refractivity contribution is 6.30. The number of aromatic nitrogens is 1. The Labute approximate surface area is 207 Å². The van der Waals surface area contributed by atoms with Crippen molar-refractivity contribution >= 4 is 17.5 Å². The molecule has 0 radical (unpaired) electrons. The zero-order valence-electron chi connectivity index (χ0n) is 19.9. The second kappa shape index (κ2) is 11.5. The first-order valence-electron chi connectivity index (χ1n) is 11.8. The average molecular weight is 478 g/mol. The van der Waals surface area contributed by atoms with Crippen molar-refractivity contribution in [2.24, 2.45) is 5.92 Å². The lowest BCUT2D eigenvalue weighted by Crippen LogP contribution is -2.47. The molecule has 0 bridgehead atoms. The second-order valence-electron chi connectivity index (χ2n) is 9.00. The predicted molar refractivity (Wildman–Crippen MR) is 136 cm³/mol. The Morgan fingerprint density at radius 2 is 1.85 bits per heavy atom. The molecule has 1 amide bonds. The topological polar surface area (TPSA) is 45.7 Å². The fraction of sp³-hybridized carbons (Fsp3) is 0.357. The zero-order chi connectivity index (χ0) is 23.9. The van der Waals surface area contributed by atoms with Crippen LogP contribution in [-0.4, -0.2) is 54.0 Å². The first-order valence-corrected chi connectivity index (χ1v) is 12.2. The van der Waals surface area contributed by atoms with Crippen LogP contribution in [0.2, 0.25) is 5.02 Å². The van der Waals surface area contributed by atoms with Crippen LogP contribution in [0.15, 0.2) is 72.9 Å². The molecule has 1 aliphatic heterocycles. The average Bonchev–Trinajstić information content (AvgIpc) is 2.88. The van der Waals surface area contributed by atoms with Gasteiger partial charge in [-0.1, -0.05) is 41.9 Å². The van der Waals surface area contributed by atoms with Crippen LogP contribution in [0.5, 0.6) is 5.75 Å². The van der Waals surface area contributed by atoms with E-state index in [1.54, 1.807) is 19.4 Å². The number of benzene rings is 2. The number of halogens is 1. The molecule has 5 nitrogen and oxygen atoms in total. The van der Waals surface area contributed by atoms with E-state index in [0.717, 1.165) is 49.7 Å². The summed E-state index contributed by atoms with van der Waals surface area (Å²) in [7, 11) is 3.60. The summed E-state index contributed by atoms with van der Waals surface area (Å²) in [6, 6.07) is 21.8. The van der Waals surface area contributed by atoms with Crippen LogP contribution in [0.1, 0.15) is 34.5 Å². The first kappa shape index (κ1) is 24.2. The number of rotatable bonds is 8. The van der Waals surface area contributed by atoms with Crippen molar-refractivity contribution in [1.29, 1.82) is 0 Å². The molecular weight excluding hydrogens is 446 g/mol. The molecule has 1 aromatic heterocycles. The molecule has 0 aliphatic carbocycles. The minimum Gasteiger partial charge on any atom is -0.497 e. The third kappa shape index (κ3) is 6.16. The molecule has 1 fully saturated rings. The van der Waals surface area contributed by atoms with E-state index in [1.807, 2.05) is 54.4 Å². The quantitative estimate of drug-likeness (QED) is 0.439. The molecule has 1 saturated heterocycles. The Bertz CT molecular complexity index is 1080. The SMILES string of the molecule is COc1cccc(C[C@H](C2CCN(Cc3cccc(Cl)c3)CC2)N(C)C(=O)c2ccccn2)c1. The summed E-state index contributed by atoms with van der Waals surface area (Å²) in [6.07, 6.45) is 4.53. The number of likely N-dealkylation sites (tertiary alicyclic amines) is 1. The molecule has 0 saturated carbocycles. The van der Waals surface area contributed by atoms with Gasteiger partial charge in [0.05, 0.1) is 7.11 Å². The molecular formula is C28H32ClN3O2. The van der Waals surface area contributed by atoms with Gasteiger partial charge >= 0.3 is 0 Å². The van der Waals surface area contributed by atoms with Crippen molar-refractivity contribution in [3.8, 4) is 5.75 Å². The van der Waals surface area contributed by atoms with Crippen LogP contribution < -0.4 is 4.74 Å². The maximum Gasteiger partial charge on any atom is 0.272 e. The molecule has 4 rings (SSSR count). The number of hydrogen-bond donors (Lipinski definition) is 0. The number of amides is 1. The van der Waals surface area contributed by atoms with Crippen molar-refractivity contribution in [1.82, 2.24) is 14.8 Å². The Morgan fingerprint density at radius 1 is 1.09 bits per heavy atom. The zero-order valence-corrected chi connectivity index (χ0v) is 20.6. The lowest BCUT2D eigenvalue weighted by molar-refractivity contribution is 0.0579. The Balaban J connectivity index is 1.49. The first-order chi connectivity index (χ1) is 16.5. The third-order valence-electron chi connectivity index (χ3n) is 6.75. The maximum absolute atomic E-state index is 13.3. The summed E-state index contributed by atoms with van der Waals surface area (Å²) in [4.78, 5) is 22.0. The molecule has 34 heavy (non-hydrogen) atoms. The van der Waals surface area contributed by atoms with Crippen LogP contribution in [-0.2, 0) is 13.0 Å². The summed E-state index contributed by atoms with van der Waals surface area (Å²) < 4.78 is 5.43. The number of likely N-dealkylation sites (N-methyl/N-ethyl adjacent to an activating group) is 1. The minimum absolute atomic E-state index is 0.0325. The van der Waals surface area contributed by atoms with Gasteiger partial charge in [0.2, 0.25) is 0 Å². The number of nitrogens with zero attached hydrogens (tertiary/aromatic N) is 3. The number of carbonyl (C=O) groups is 1. The van der Waals surface area contributed by atoms with Gasteiger partial charge in [0.25, 0.3) is 5.91 Å². The Kier molecular flexibility index (Phi) is 8.20. The fourth-order valence-electron chi connectivity index (χ4n) is 4.87. The Morgan fingerprint density at radius 3 is 2.56 bits per heavy atom. The van der Waals surface area contributed by atoms with Crippen LogP contribution in [0.3, 0.4) is 0 Å². The normalized spacial score (nSPS) is 15.6. The number of hydrogen-bond acceptors (Lipinski definition) is 4. The molecule has 1 atom stereocenters. The van der Waals surface area contributed by atoms with Crippen molar-refractivity contribution in [2.75, 3.05) is 27.2 Å². The van der Waals surface area contributed by atoms with E-state index in [1.165, 1.54) is 11.1 Å². The van der Waals surface area contributed by atoms with Crippen molar-refractivity contribution in [3.63, 3.8) is 0 Å². The molecule has 0 unspecified atom stereocenters. The number of methoxy groups -OCH3 is 1. The molecule has 6 heteroatoms. The number of piperidine rings is 1. The van der Waals surface area contributed by atoms with Gasteiger partial charge in [0.1, 0.15) is 11.4 Å². The highest BCUT2D eigenvalue weighted by atomic mass is 35.5. The van der Waals surface area contributed by atoms with E-state index >= 15 is 0 Å². The molecule has 178 valence electrons. The lowest BCUT2D eigenvalue weighted by atomic mass is 9.84. The van der Waals surface area contributed by atoms with Gasteiger partial charge in [-0.25, -0.2) is 0 Å². The summed E-state index contributed by atoms with van der Waals surface area (Å²) in [5.74, 6) is 1.21. The highest BCUT2D eigenvalue weighted by Crippen LogP contribution is 2.29. The largest absolute Gasteiger partial charge is 0.497 e. The maximum atomic E-state index is 13.3. The number of pyridine rings is 1. The third-order valence-corrected chi connectivity index (χ3v) is 6.99. The van der Waals surface area contributed by atoms with Gasteiger partial charge in [-0.3, -0.25) is 14.7 Å². The lowest BCUT2D eigenvalue weighted by Gasteiger charge is -2.40. The molecule has 2 aromatic carbocycles.